The molecule has 4 heteroatoms. The number of nitrogens with one attached hydrogen (secondary N) is 2. The Morgan fingerprint density at radius 2 is 1.54 bits per heavy atom. The van der Waals surface area contributed by atoms with Gasteiger partial charge in [-0.05, 0) is 30.8 Å². The Labute approximate surface area is 158 Å². The predicted octanol–water partition coefficient (Wildman–Crippen LogP) is 3.39. The van der Waals surface area contributed by atoms with Gasteiger partial charge < -0.3 is 15.5 Å². The molecule has 4 nitrogen and oxygen atoms in total. The summed E-state index contributed by atoms with van der Waals surface area (Å²) in [7, 11) is 6.00. The van der Waals surface area contributed by atoms with Gasteiger partial charge in [0.1, 0.15) is 0 Å². The minimum Gasteiger partial charge on any atom is -0.356 e. The van der Waals surface area contributed by atoms with Crippen LogP contribution in [0.5, 0.6) is 0 Å². The van der Waals surface area contributed by atoms with Crippen LogP contribution < -0.4 is 10.6 Å². The Balaban J connectivity index is 1.95. The lowest BCUT2D eigenvalue weighted by Gasteiger charge is -2.27. The van der Waals surface area contributed by atoms with Crippen molar-refractivity contribution in [2.24, 2.45) is 4.99 Å². The summed E-state index contributed by atoms with van der Waals surface area (Å²) in [5.41, 5.74) is 3.98. The van der Waals surface area contributed by atoms with Gasteiger partial charge >= 0.3 is 0 Å². The monoisotopic (exact) mass is 352 g/mol. The summed E-state index contributed by atoms with van der Waals surface area (Å²) in [6.07, 6.45) is 0. The lowest BCUT2D eigenvalue weighted by atomic mass is 9.85. The van der Waals surface area contributed by atoms with E-state index in [2.05, 4.69) is 103 Å². The highest BCUT2D eigenvalue weighted by Crippen LogP contribution is 2.21. The van der Waals surface area contributed by atoms with Crippen LogP contribution in [-0.2, 0) is 18.5 Å². The summed E-state index contributed by atoms with van der Waals surface area (Å²) in [5.74, 6) is 0.827. The molecule has 0 atom stereocenters. The lowest BCUT2D eigenvalue weighted by molar-refractivity contribution is 0.400. The van der Waals surface area contributed by atoms with Gasteiger partial charge in [-0.15, -0.1) is 0 Å². The number of benzene rings is 2. The standard InChI is InChI=1S/C22H32N4/c1-22(2,20-13-7-6-8-14-20)17-25-21(23-3)24-15-18-11-9-10-12-19(18)16-26(4)5/h6-14H,15-17H2,1-5H3,(H2,23,24,25). The molecule has 26 heavy (non-hydrogen) atoms. The number of guanidine groups is 1. The van der Waals surface area contributed by atoms with E-state index >= 15 is 0 Å². The van der Waals surface area contributed by atoms with Crippen LogP contribution in [0.4, 0.5) is 0 Å². The zero-order valence-corrected chi connectivity index (χ0v) is 16.7. The van der Waals surface area contributed by atoms with E-state index in [1.54, 1.807) is 0 Å². The number of hydrogen-bond acceptors (Lipinski definition) is 2. The summed E-state index contributed by atoms with van der Waals surface area (Å²) in [6.45, 7) is 7.00. The molecule has 0 aliphatic heterocycles. The molecule has 0 aromatic heterocycles. The zero-order valence-electron chi connectivity index (χ0n) is 16.7. The smallest absolute Gasteiger partial charge is 0.191 e. The van der Waals surface area contributed by atoms with E-state index in [0.717, 1.165) is 25.6 Å². The van der Waals surface area contributed by atoms with Crippen LogP contribution in [0.3, 0.4) is 0 Å². The van der Waals surface area contributed by atoms with Gasteiger partial charge in [0.15, 0.2) is 5.96 Å². The van der Waals surface area contributed by atoms with Crippen LogP contribution in [0.15, 0.2) is 59.6 Å². The van der Waals surface area contributed by atoms with Crippen LogP contribution >= 0.6 is 0 Å². The molecule has 0 saturated heterocycles. The van der Waals surface area contributed by atoms with E-state index in [-0.39, 0.29) is 5.41 Å². The maximum Gasteiger partial charge on any atom is 0.191 e. The van der Waals surface area contributed by atoms with Gasteiger partial charge in [0.2, 0.25) is 0 Å². The Morgan fingerprint density at radius 1 is 0.923 bits per heavy atom. The van der Waals surface area contributed by atoms with Gasteiger partial charge in [-0.25, -0.2) is 0 Å². The van der Waals surface area contributed by atoms with Crippen molar-refractivity contribution < 1.29 is 0 Å². The average Bonchev–Trinajstić information content (AvgIpc) is 2.63. The number of nitrogens with zero attached hydrogens (tertiary/aromatic N) is 2. The molecule has 0 heterocycles. The van der Waals surface area contributed by atoms with Crippen molar-refractivity contribution in [3.63, 3.8) is 0 Å². The Morgan fingerprint density at radius 3 is 2.15 bits per heavy atom. The van der Waals surface area contributed by atoms with Gasteiger partial charge in [-0.2, -0.15) is 0 Å². The van der Waals surface area contributed by atoms with E-state index < -0.39 is 0 Å². The number of aliphatic imine (C=N–C) groups is 1. The first-order valence-electron chi connectivity index (χ1n) is 9.14. The largest absolute Gasteiger partial charge is 0.356 e. The van der Waals surface area contributed by atoms with Crippen LogP contribution in [0, 0.1) is 0 Å². The Hall–Kier alpha value is -2.33. The van der Waals surface area contributed by atoms with E-state index in [9.17, 15) is 0 Å². The fraction of sp³-hybridized carbons (Fsp3) is 0.409. The van der Waals surface area contributed by atoms with Crippen molar-refractivity contribution in [3.8, 4) is 0 Å². The molecule has 2 N–H and O–H groups in total. The van der Waals surface area contributed by atoms with Crippen molar-refractivity contribution in [2.75, 3.05) is 27.7 Å². The van der Waals surface area contributed by atoms with E-state index in [4.69, 9.17) is 0 Å². The van der Waals surface area contributed by atoms with Crippen molar-refractivity contribution in [2.45, 2.75) is 32.4 Å². The molecular formula is C22H32N4. The Kier molecular flexibility index (Phi) is 7.22. The van der Waals surface area contributed by atoms with Gasteiger partial charge in [0.25, 0.3) is 0 Å². The molecule has 140 valence electrons. The van der Waals surface area contributed by atoms with Crippen molar-refractivity contribution in [3.05, 3.63) is 71.3 Å². The maximum atomic E-state index is 4.37. The molecule has 2 aromatic rings. The third kappa shape index (κ3) is 5.88. The molecule has 0 unspecified atom stereocenters. The third-order valence-corrected chi connectivity index (χ3v) is 4.53. The van der Waals surface area contributed by atoms with Gasteiger partial charge in [-0.1, -0.05) is 68.4 Å². The normalized spacial score (nSPS) is 12.3. The zero-order chi connectivity index (χ0) is 19.0. The summed E-state index contributed by atoms with van der Waals surface area (Å²) < 4.78 is 0. The second-order valence-electron chi connectivity index (χ2n) is 7.54. The summed E-state index contributed by atoms with van der Waals surface area (Å²) in [5, 5.41) is 6.91. The van der Waals surface area contributed by atoms with Crippen LogP contribution in [-0.4, -0.2) is 38.5 Å². The summed E-state index contributed by atoms with van der Waals surface area (Å²) in [4.78, 5) is 6.56. The molecule has 0 spiro atoms. The van der Waals surface area contributed by atoms with Crippen molar-refractivity contribution in [1.82, 2.24) is 15.5 Å². The molecular weight excluding hydrogens is 320 g/mol. The Bertz CT molecular complexity index is 705. The maximum absolute atomic E-state index is 4.37. The SMILES string of the molecule is CN=C(NCc1ccccc1CN(C)C)NCC(C)(C)c1ccccc1. The van der Waals surface area contributed by atoms with Crippen LogP contribution in [0.25, 0.3) is 0 Å². The highest BCUT2D eigenvalue weighted by molar-refractivity contribution is 5.79. The minimum atomic E-state index is 0.0295. The van der Waals surface area contributed by atoms with Gasteiger partial charge in [0, 0.05) is 32.1 Å². The summed E-state index contributed by atoms with van der Waals surface area (Å²) in [6, 6.07) is 19.1. The van der Waals surface area contributed by atoms with Gasteiger partial charge in [0.05, 0.1) is 0 Å². The first-order chi connectivity index (χ1) is 12.4. The molecule has 0 aliphatic carbocycles. The highest BCUT2D eigenvalue weighted by atomic mass is 15.2. The molecule has 0 saturated carbocycles. The fourth-order valence-electron chi connectivity index (χ4n) is 2.92. The predicted molar refractivity (Wildman–Crippen MR) is 112 cm³/mol. The lowest BCUT2D eigenvalue weighted by Crippen LogP contribution is -2.43. The quantitative estimate of drug-likeness (QED) is 0.593. The molecule has 0 fully saturated rings. The molecule has 0 bridgehead atoms. The molecule has 2 rings (SSSR count). The minimum absolute atomic E-state index is 0.0295. The van der Waals surface area contributed by atoms with E-state index in [1.165, 1.54) is 16.7 Å². The topological polar surface area (TPSA) is 39.7 Å². The number of hydrogen-bond donors (Lipinski definition) is 2. The fourth-order valence-corrected chi connectivity index (χ4v) is 2.92. The molecule has 0 radical (unpaired) electrons. The molecule has 2 aromatic carbocycles. The van der Waals surface area contributed by atoms with Gasteiger partial charge in [-0.3, -0.25) is 4.99 Å². The first kappa shape index (κ1) is 20.0. The second kappa shape index (κ2) is 9.39. The van der Waals surface area contributed by atoms with Crippen LogP contribution in [0.2, 0.25) is 0 Å². The van der Waals surface area contributed by atoms with E-state index in [1.807, 2.05) is 7.05 Å². The first-order valence-corrected chi connectivity index (χ1v) is 9.14. The van der Waals surface area contributed by atoms with Crippen LogP contribution in [0.1, 0.15) is 30.5 Å². The molecule has 0 aliphatic rings. The van der Waals surface area contributed by atoms with E-state index in [0.29, 0.717) is 0 Å². The average molecular weight is 353 g/mol. The number of rotatable bonds is 7. The van der Waals surface area contributed by atoms with Crippen molar-refractivity contribution >= 4 is 5.96 Å². The third-order valence-electron chi connectivity index (χ3n) is 4.53. The molecule has 0 amide bonds. The summed E-state index contributed by atoms with van der Waals surface area (Å²) >= 11 is 0. The van der Waals surface area contributed by atoms with Crippen molar-refractivity contribution in [1.29, 1.82) is 0 Å². The highest BCUT2D eigenvalue weighted by Gasteiger charge is 2.20. The second-order valence-corrected chi connectivity index (χ2v) is 7.54.